The molecule has 3 aliphatic rings. The first-order valence-electron chi connectivity index (χ1n) is 7.46. The lowest BCUT2D eigenvalue weighted by atomic mass is 9.99. The average Bonchev–Trinajstić information content (AvgIpc) is 2.85. The molecule has 5 rings (SSSR count). The van der Waals surface area contributed by atoms with Gasteiger partial charge in [-0.15, -0.1) is 0 Å². The molecule has 0 atom stereocenters. The van der Waals surface area contributed by atoms with E-state index in [1.54, 1.807) is 18.2 Å². The Labute approximate surface area is 130 Å². The fraction of sp³-hybridized carbons (Fsp3) is 0.375. The third-order valence-electron chi connectivity index (χ3n) is 4.74. The number of non-ortho nitro benzene ring substituents is 1. The molecular weight excluding hydrogens is 302 g/mol. The molecule has 7 nitrogen and oxygen atoms in total. The Bertz CT molecular complexity index is 808. The molecule has 2 aromatic rings. The Hall–Kier alpha value is -2.06. The normalized spacial score (nSPS) is 31.7. The highest BCUT2D eigenvalue weighted by Gasteiger charge is 2.67. The number of nitrogens with zero attached hydrogens (tertiary/aromatic N) is 1. The van der Waals surface area contributed by atoms with Crippen LogP contribution in [0.4, 0.5) is 5.69 Å². The second kappa shape index (κ2) is 4.27. The monoisotopic (exact) mass is 315 g/mol. The summed E-state index contributed by atoms with van der Waals surface area (Å²) < 4.78 is 24.1. The van der Waals surface area contributed by atoms with Crippen molar-refractivity contribution in [3.8, 4) is 0 Å². The van der Waals surface area contributed by atoms with Crippen molar-refractivity contribution in [1.82, 2.24) is 0 Å². The standard InChI is InChI=1S/C16H13NO6/c18-17(19)13-5-4-12-14-10(13)2-1-3-11(14)15-16(12,22-8-6-20-15)23-9-7-21-15/h1-5H,6-9H2. The quantitative estimate of drug-likeness (QED) is 0.592. The predicted octanol–water partition coefficient (Wildman–Crippen LogP) is 2.16. The SMILES string of the molecule is O=[N+]([O-])c1ccc2c3c(cccc13)C13OCCOC21OCCO3. The Morgan fingerprint density at radius 3 is 2.00 bits per heavy atom. The molecule has 2 fully saturated rings. The molecule has 2 heterocycles. The van der Waals surface area contributed by atoms with Gasteiger partial charge in [-0.25, -0.2) is 0 Å². The Balaban J connectivity index is 1.92. The van der Waals surface area contributed by atoms with Crippen molar-refractivity contribution in [1.29, 1.82) is 0 Å². The van der Waals surface area contributed by atoms with Gasteiger partial charge in [0, 0.05) is 22.6 Å². The highest BCUT2D eigenvalue weighted by molar-refractivity contribution is 5.98. The van der Waals surface area contributed by atoms with Crippen molar-refractivity contribution >= 4 is 16.5 Å². The molecule has 7 heteroatoms. The fourth-order valence-electron chi connectivity index (χ4n) is 3.97. The van der Waals surface area contributed by atoms with Crippen LogP contribution in [0.3, 0.4) is 0 Å². The first kappa shape index (κ1) is 13.4. The summed E-state index contributed by atoms with van der Waals surface area (Å²) in [6.07, 6.45) is 0. The molecule has 2 aromatic carbocycles. The van der Waals surface area contributed by atoms with E-state index >= 15 is 0 Å². The summed E-state index contributed by atoms with van der Waals surface area (Å²) in [7, 11) is 0. The number of rotatable bonds is 1. The Kier molecular flexibility index (Phi) is 2.48. The Morgan fingerprint density at radius 2 is 1.43 bits per heavy atom. The van der Waals surface area contributed by atoms with Crippen LogP contribution in [0.1, 0.15) is 11.1 Å². The molecular formula is C16H13NO6. The molecule has 118 valence electrons. The highest BCUT2D eigenvalue weighted by Crippen LogP contribution is 2.60. The van der Waals surface area contributed by atoms with E-state index in [2.05, 4.69) is 0 Å². The second-order valence-corrected chi connectivity index (χ2v) is 5.74. The number of nitro benzene ring substituents is 1. The molecule has 0 saturated carbocycles. The van der Waals surface area contributed by atoms with Gasteiger partial charge in [0.2, 0.25) is 0 Å². The smallest absolute Gasteiger partial charge is 0.277 e. The molecule has 0 aromatic heterocycles. The highest BCUT2D eigenvalue weighted by atomic mass is 16.8. The van der Waals surface area contributed by atoms with Crippen LogP contribution in [0.2, 0.25) is 0 Å². The summed E-state index contributed by atoms with van der Waals surface area (Å²) in [5.74, 6) is -2.39. The molecule has 0 amide bonds. The fourth-order valence-corrected chi connectivity index (χ4v) is 3.97. The topological polar surface area (TPSA) is 80.1 Å². The van der Waals surface area contributed by atoms with E-state index in [0.717, 1.165) is 16.5 Å². The van der Waals surface area contributed by atoms with Gasteiger partial charge in [0.15, 0.2) is 0 Å². The lowest BCUT2D eigenvalue weighted by Crippen LogP contribution is -2.60. The minimum atomic E-state index is -1.19. The Morgan fingerprint density at radius 1 is 0.870 bits per heavy atom. The van der Waals surface area contributed by atoms with Crippen LogP contribution in [-0.2, 0) is 30.5 Å². The van der Waals surface area contributed by atoms with Gasteiger partial charge < -0.3 is 18.9 Å². The second-order valence-electron chi connectivity index (χ2n) is 5.74. The minimum Gasteiger partial charge on any atom is -0.339 e. The van der Waals surface area contributed by atoms with Crippen molar-refractivity contribution in [2.24, 2.45) is 0 Å². The first-order valence-corrected chi connectivity index (χ1v) is 7.46. The maximum Gasteiger partial charge on any atom is 0.277 e. The first-order chi connectivity index (χ1) is 11.2. The molecule has 1 aliphatic carbocycles. The number of hydrogen-bond donors (Lipinski definition) is 0. The maximum atomic E-state index is 11.4. The zero-order valence-corrected chi connectivity index (χ0v) is 12.1. The van der Waals surface area contributed by atoms with E-state index < -0.39 is 11.6 Å². The lowest BCUT2D eigenvalue weighted by molar-refractivity contribution is -0.478. The molecule has 0 spiro atoms. The molecule has 0 N–H and O–H groups in total. The third-order valence-corrected chi connectivity index (χ3v) is 4.74. The van der Waals surface area contributed by atoms with Gasteiger partial charge in [0.1, 0.15) is 0 Å². The number of nitro groups is 1. The van der Waals surface area contributed by atoms with Gasteiger partial charge in [-0.2, -0.15) is 0 Å². The summed E-state index contributed by atoms with van der Waals surface area (Å²) in [6.45, 7) is 1.49. The summed E-state index contributed by atoms with van der Waals surface area (Å²) in [5, 5.41) is 12.6. The van der Waals surface area contributed by atoms with Crippen LogP contribution in [-0.4, -0.2) is 31.4 Å². The third kappa shape index (κ3) is 1.39. The molecule has 2 saturated heterocycles. The zero-order valence-electron chi connectivity index (χ0n) is 12.1. The van der Waals surface area contributed by atoms with Crippen LogP contribution < -0.4 is 0 Å². The summed E-state index contributed by atoms with van der Waals surface area (Å²) in [6, 6.07) is 8.55. The van der Waals surface area contributed by atoms with Gasteiger partial charge in [-0.3, -0.25) is 10.1 Å². The van der Waals surface area contributed by atoms with Crippen LogP contribution in [0.15, 0.2) is 30.3 Å². The van der Waals surface area contributed by atoms with Crippen molar-refractivity contribution in [3.63, 3.8) is 0 Å². The van der Waals surface area contributed by atoms with Crippen LogP contribution in [0.25, 0.3) is 10.8 Å². The van der Waals surface area contributed by atoms with Gasteiger partial charge in [0.05, 0.1) is 36.7 Å². The van der Waals surface area contributed by atoms with Crippen molar-refractivity contribution in [2.45, 2.75) is 11.6 Å². The van der Waals surface area contributed by atoms with Crippen molar-refractivity contribution < 1.29 is 23.9 Å². The van der Waals surface area contributed by atoms with E-state index in [9.17, 15) is 10.1 Å². The van der Waals surface area contributed by atoms with Crippen molar-refractivity contribution in [3.05, 3.63) is 51.6 Å². The zero-order chi connectivity index (χ0) is 15.7. The average molecular weight is 315 g/mol. The van der Waals surface area contributed by atoms with Crippen LogP contribution in [0.5, 0.6) is 0 Å². The van der Waals surface area contributed by atoms with Gasteiger partial charge in [-0.1, -0.05) is 12.1 Å². The number of benzene rings is 2. The van der Waals surface area contributed by atoms with Crippen LogP contribution >= 0.6 is 0 Å². The van der Waals surface area contributed by atoms with E-state index in [1.807, 2.05) is 6.07 Å². The number of hydrogen-bond acceptors (Lipinski definition) is 6. The van der Waals surface area contributed by atoms with Gasteiger partial charge in [-0.05, 0) is 12.1 Å². The summed E-state index contributed by atoms with van der Waals surface area (Å²) in [4.78, 5) is 11.0. The predicted molar refractivity (Wildman–Crippen MR) is 77.8 cm³/mol. The molecule has 0 radical (unpaired) electrons. The van der Waals surface area contributed by atoms with Crippen LogP contribution in [0, 0.1) is 10.1 Å². The van der Waals surface area contributed by atoms with E-state index in [0.29, 0.717) is 31.8 Å². The largest absolute Gasteiger partial charge is 0.339 e. The molecule has 0 unspecified atom stereocenters. The molecule has 2 aliphatic heterocycles. The van der Waals surface area contributed by atoms with Gasteiger partial charge >= 0.3 is 0 Å². The van der Waals surface area contributed by atoms with E-state index in [-0.39, 0.29) is 10.6 Å². The summed E-state index contributed by atoms with van der Waals surface area (Å²) >= 11 is 0. The van der Waals surface area contributed by atoms with Crippen molar-refractivity contribution in [2.75, 3.05) is 26.4 Å². The molecule has 0 bridgehead atoms. The van der Waals surface area contributed by atoms with Gasteiger partial charge in [0.25, 0.3) is 17.3 Å². The summed E-state index contributed by atoms with van der Waals surface area (Å²) in [5.41, 5.74) is 1.51. The van der Waals surface area contributed by atoms with E-state index in [1.165, 1.54) is 6.07 Å². The minimum absolute atomic E-state index is 0.0498. The van der Waals surface area contributed by atoms with E-state index in [4.69, 9.17) is 18.9 Å². The molecule has 23 heavy (non-hydrogen) atoms. The lowest BCUT2D eigenvalue weighted by Gasteiger charge is -2.50. The number of ether oxygens (including phenoxy) is 4. The maximum absolute atomic E-state index is 11.4.